The van der Waals surface area contributed by atoms with Crippen LogP contribution in [0.3, 0.4) is 0 Å². The van der Waals surface area contributed by atoms with Gasteiger partial charge in [0.1, 0.15) is 12.1 Å². The van der Waals surface area contributed by atoms with E-state index in [-0.39, 0.29) is 31.3 Å². The van der Waals surface area contributed by atoms with Crippen molar-refractivity contribution >= 4 is 63.6 Å². The van der Waals surface area contributed by atoms with Gasteiger partial charge in [0.05, 0.1) is 22.5 Å². The number of para-hydroxylation sites is 1. The molecule has 0 bridgehead atoms. The molecule has 3 aliphatic rings. The molecule has 3 aromatic rings. The summed E-state index contributed by atoms with van der Waals surface area (Å²) in [6.07, 6.45) is 2.58. The normalized spacial score (nSPS) is 22.2. The number of aromatic amines is 1. The zero-order valence-electron chi connectivity index (χ0n) is 22.8. The molecule has 2 fully saturated rings. The Morgan fingerprint density at radius 1 is 0.905 bits per heavy atom. The third-order valence-corrected chi connectivity index (χ3v) is 9.36. The van der Waals surface area contributed by atoms with Gasteiger partial charge in [-0.2, -0.15) is 0 Å². The van der Waals surface area contributed by atoms with Gasteiger partial charge in [0.25, 0.3) is 0 Å². The number of halogens is 2. The number of hydrogen-bond acceptors (Lipinski definition) is 4. The molecule has 10 nitrogen and oxygen atoms in total. The number of likely N-dealkylation sites (tertiary alicyclic amines) is 2. The number of aromatic nitrogens is 1. The van der Waals surface area contributed by atoms with Crippen molar-refractivity contribution in [2.45, 2.75) is 50.7 Å². The van der Waals surface area contributed by atoms with Crippen molar-refractivity contribution in [3.8, 4) is 0 Å². The number of benzene rings is 2. The molecular weight excluding hydrogens is 581 g/mol. The van der Waals surface area contributed by atoms with Crippen molar-refractivity contribution in [3.05, 3.63) is 63.8 Å². The second kappa shape index (κ2) is 11.5. The molecule has 3 atom stereocenters. The van der Waals surface area contributed by atoms with E-state index in [0.29, 0.717) is 54.5 Å². The fourth-order valence-corrected chi connectivity index (χ4v) is 6.78. The summed E-state index contributed by atoms with van der Waals surface area (Å²) in [6, 6.07) is 10.6. The number of carbonyl (C=O) groups is 4. The number of carbonyl (C=O) groups excluding carboxylic acids is 3. The Labute approximate surface area is 252 Å². The lowest BCUT2D eigenvalue weighted by atomic mass is 9.95. The highest BCUT2D eigenvalue weighted by Gasteiger charge is 2.44. The van der Waals surface area contributed by atoms with Crippen LogP contribution < -0.4 is 5.32 Å². The predicted octanol–water partition coefficient (Wildman–Crippen LogP) is 4.75. The fraction of sp³-hybridized carbons (Fsp3) is 0.400. The maximum Gasteiger partial charge on any atom is 0.322 e. The third-order valence-electron chi connectivity index (χ3n) is 8.62. The van der Waals surface area contributed by atoms with Gasteiger partial charge in [0.15, 0.2) is 0 Å². The molecule has 220 valence electrons. The number of nitrogens with zero attached hydrogens (tertiary/aromatic N) is 3. The summed E-state index contributed by atoms with van der Waals surface area (Å²) in [4.78, 5) is 61.3. The number of H-pyrrole nitrogens is 1. The van der Waals surface area contributed by atoms with Crippen LogP contribution in [0.5, 0.6) is 0 Å². The number of nitrogens with one attached hydrogen (secondary N) is 2. The minimum absolute atomic E-state index is 0.146. The molecule has 1 aromatic heterocycles. The molecule has 2 aromatic carbocycles. The maximum atomic E-state index is 14.3. The molecule has 3 N–H and O–H groups in total. The van der Waals surface area contributed by atoms with Gasteiger partial charge in [-0.25, -0.2) is 4.79 Å². The van der Waals surface area contributed by atoms with Gasteiger partial charge in [-0.3, -0.25) is 14.4 Å². The van der Waals surface area contributed by atoms with Crippen molar-refractivity contribution in [2.75, 3.05) is 25.0 Å². The average Bonchev–Trinajstić information content (AvgIpc) is 3.62. The van der Waals surface area contributed by atoms with E-state index < -0.39 is 30.0 Å². The molecule has 0 radical (unpaired) electrons. The van der Waals surface area contributed by atoms with Crippen LogP contribution in [-0.2, 0) is 27.3 Å². The number of rotatable bonds is 4. The Hall–Kier alpha value is -3.76. The Morgan fingerprint density at radius 2 is 1.69 bits per heavy atom. The van der Waals surface area contributed by atoms with Gasteiger partial charge in [-0.05, 0) is 55.5 Å². The van der Waals surface area contributed by atoms with Gasteiger partial charge in [0.2, 0.25) is 11.8 Å². The second-order valence-electron chi connectivity index (χ2n) is 11.2. The van der Waals surface area contributed by atoms with Crippen LogP contribution >= 0.6 is 23.2 Å². The van der Waals surface area contributed by atoms with Gasteiger partial charge < -0.3 is 30.1 Å². The summed E-state index contributed by atoms with van der Waals surface area (Å²) in [5.74, 6) is -2.03. The second-order valence-corrected chi connectivity index (χ2v) is 12.0. The Kier molecular flexibility index (Phi) is 7.76. The molecule has 0 saturated carbocycles. The summed E-state index contributed by atoms with van der Waals surface area (Å²) in [5.41, 5.74) is 3.19. The lowest BCUT2D eigenvalue weighted by Gasteiger charge is -2.39. The molecule has 12 heteroatoms. The van der Waals surface area contributed by atoms with Crippen LogP contribution in [0.1, 0.15) is 36.9 Å². The van der Waals surface area contributed by atoms with Crippen LogP contribution in [0, 0.1) is 5.92 Å². The molecule has 3 aliphatic heterocycles. The first-order chi connectivity index (χ1) is 20.2. The molecule has 2 saturated heterocycles. The Bertz CT molecular complexity index is 1570. The Morgan fingerprint density at radius 3 is 2.48 bits per heavy atom. The molecular formula is C30H31Cl2N5O5. The smallest absolute Gasteiger partial charge is 0.322 e. The van der Waals surface area contributed by atoms with Crippen LogP contribution in [-0.4, -0.2) is 80.3 Å². The quantitative estimate of drug-likeness (QED) is 0.392. The molecule has 42 heavy (non-hydrogen) atoms. The summed E-state index contributed by atoms with van der Waals surface area (Å²) in [7, 11) is 0. The number of carboxylic acids is 1. The lowest BCUT2D eigenvalue weighted by Crippen LogP contribution is -2.58. The summed E-state index contributed by atoms with van der Waals surface area (Å²) in [6.45, 7) is 1.19. The van der Waals surface area contributed by atoms with Gasteiger partial charge >= 0.3 is 12.0 Å². The van der Waals surface area contributed by atoms with Gasteiger partial charge in [0, 0.05) is 48.3 Å². The third kappa shape index (κ3) is 5.29. The topological polar surface area (TPSA) is 126 Å². The van der Waals surface area contributed by atoms with Crippen molar-refractivity contribution in [2.24, 2.45) is 5.92 Å². The largest absolute Gasteiger partial charge is 0.481 e. The van der Waals surface area contributed by atoms with Crippen molar-refractivity contribution < 1.29 is 24.3 Å². The highest BCUT2D eigenvalue weighted by atomic mass is 35.5. The first-order valence-corrected chi connectivity index (χ1v) is 14.9. The standard InChI is InChI=1S/C30H31Cl2N5O5/c31-21-10-9-18(13-22(21)32)33-30(42)37-16-24-20(19-6-1-2-7-23(19)34-24)14-26(37)28(39)36-12-4-8-25(36)27(38)35-11-3-5-17(15-35)29(40)41/h1-2,6-7,9-10,13,17,25-26,34H,3-5,8,11-12,14-16H2,(H,33,42)(H,40,41)/t17?,25-,26+/m0/s1. The molecule has 1 unspecified atom stereocenters. The van der Waals surface area contributed by atoms with Crippen LogP contribution in [0.2, 0.25) is 10.0 Å². The maximum absolute atomic E-state index is 14.3. The summed E-state index contributed by atoms with van der Waals surface area (Å²) < 4.78 is 0. The number of fused-ring (bicyclic) bond motifs is 3. The molecule has 4 amide bonds. The number of urea groups is 1. The van der Waals surface area contributed by atoms with Gasteiger partial charge in [-0.15, -0.1) is 0 Å². The van der Waals surface area contributed by atoms with Crippen LogP contribution in [0.25, 0.3) is 10.9 Å². The minimum Gasteiger partial charge on any atom is -0.481 e. The van der Waals surface area contributed by atoms with Crippen LogP contribution in [0.15, 0.2) is 42.5 Å². The van der Waals surface area contributed by atoms with E-state index in [1.165, 1.54) is 4.90 Å². The summed E-state index contributed by atoms with van der Waals surface area (Å²) >= 11 is 12.2. The number of anilines is 1. The predicted molar refractivity (Wildman–Crippen MR) is 158 cm³/mol. The van der Waals surface area contributed by atoms with Crippen molar-refractivity contribution in [1.82, 2.24) is 19.7 Å². The average molecular weight is 613 g/mol. The molecule has 6 rings (SSSR count). The number of piperidine rings is 1. The lowest BCUT2D eigenvalue weighted by molar-refractivity contribution is -0.150. The van der Waals surface area contributed by atoms with Crippen LogP contribution in [0.4, 0.5) is 10.5 Å². The zero-order valence-corrected chi connectivity index (χ0v) is 24.3. The van der Waals surface area contributed by atoms with E-state index in [0.717, 1.165) is 22.2 Å². The van der Waals surface area contributed by atoms with Crippen molar-refractivity contribution in [3.63, 3.8) is 0 Å². The first kappa shape index (κ1) is 28.4. The fourth-order valence-electron chi connectivity index (χ4n) is 6.48. The minimum atomic E-state index is -0.910. The number of amides is 4. The van der Waals surface area contributed by atoms with E-state index in [2.05, 4.69) is 10.3 Å². The number of hydrogen-bond donors (Lipinski definition) is 3. The highest BCUT2D eigenvalue weighted by Crippen LogP contribution is 2.34. The van der Waals surface area contributed by atoms with E-state index in [9.17, 15) is 24.3 Å². The zero-order chi connectivity index (χ0) is 29.5. The molecule has 0 aliphatic carbocycles. The van der Waals surface area contributed by atoms with E-state index in [1.807, 2.05) is 24.3 Å². The summed E-state index contributed by atoms with van der Waals surface area (Å²) in [5, 5.41) is 14.0. The number of aliphatic carboxylic acids is 1. The number of carboxylic acid groups (broad SMARTS) is 1. The molecule has 0 spiro atoms. The van der Waals surface area contributed by atoms with E-state index in [1.54, 1.807) is 28.0 Å². The van der Waals surface area contributed by atoms with Crippen molar-refractivity contribution in [1.29, 1.82) is 0 Å². The highest BCUT2D eigenvalue weighted by molar-refractivity contribution is 6.42. The van der Waals surface area contributed by atoms with Gasteiger partial charge in [-0.1, -0.05) is 41.4 Å². The van der Waals surface area contributed by atoms with E-state index in [4.69, 9.17) is 23.2 Å². The monoisotopic (exact) mass is 611 g/mol. The first-order valence-electron chi connectivity index (χ1n) is 14.1. The SMILES string of the molecule is O=C(O)C1CCCN(C(=O)[C@@H]2CCCN2C(=O)[C@H]2Cc3c([nH]c4ccccc34)CN2C(=O)Nc2ccc(Cl)c(Cl)c2)C1. The van der Waals surface area contributed by atoms with E-state index >= 15 is 0 Å². The Balaban J connectivity index is 1.29. The molecule has 4 heterocycles.